The van der Waals surface area contributed by atoms with Gasteiger partial charge in [-0.15, -0.1) is 0 Å². The van der Waals surface area contributed by atoms with E-state index in [4.69, 9.17) is 9.16 Å². The summed E-state index contributed by atoms with van der Waals surface area (Å²) < 4.78 is 13.5. The van der Waals surface area contributed by atoms with Crippen molar-refractivity contribution in [2.24, 2.45) is 34.5 Å². The van der Waals surface area contributed by atoms with Crippen LogP contribution in [0.3, 0.4) is 0 Å². The van der Waals surface area contributed by atoms with E-state index in [2.05, 4.69) is 53.8 Å². The van der Waals surface area contributed by atoms with Gasteiger partial charge in [-0.05, 0) is 124 Å². The Balaban J connectivity index is 1.53. The summed E-state index contributed by atoms with van der Waals surface area (Å²) in [7, 11) is -1.86. The smallest absolute Gasteiger partial charge is 0.192 e. The molecular formula is C32H58O3Si. The maximum absolute atomic E-state index is 10.3. The molecule has 0 bridgehead atoms. The number of fused-ring (bicyclic) bond motifs is 5. The third kappa shape index (κ3) is 5.45. The van der Waals surface area contributed by atoms with Gasteiger partial charge < -0.3 is 14.3 Å². The van der Waals surface area contributed by atoms with Crippen LogP contribution in [0, 0.1) is 34.5 Å². The van der Waals surface area contributed by atoms with Crippen molar-refractivity contribution in [1.29, 1.82) is 0 Å². The largest absolute Gasteiger partial charge is 0.414 e. The Morgan fingerprint density at radius 3 is 2.42 bits per heavy atom. The molecule has 0 unspecified atom stereocenters. The Morgan fingerprint density at radius 1 is 1.03 bits per heavy atom. The molecule has 0 aliphatic heterocycles. The molecule has 0 aromatic rings. The van der Waals surface area contributed by atoms with Gasteiger partial charge in [0.05, 0.1) is 18.3 Å². The first kappa shape index (κ1) is 28.8. The molecule has 0 heterocycles. The van der Waals surface area contributed by atoms with E-state index >= 15 is 0 Å². The highest BCUT2D eigenvalue weighted by Gasteiger charge is 2.59. The zero-order chi connectivity index (χ0) is 26.6. The van der Waals surface area contributed by atoms with Crippen LogP contribution in [0.1, 0.15) is 113 Å². The Bertz CT molecular complexity index is 805. The molecule has 0 radical (unpaired) electrons. The minimum absolute atomic E-state index is 0.132. The van der Waals surface area contributed by atoms with E-state index in [1.165, 1.54) is 57.8 Å². The number of ether oxygens (including phenoxy) is 1. The second-order valence-corrected chi connectivity index (χ2v) is 20.5. The summed E-state index contributed by atoms with van der Waals surface area (Å²) >= 11 is 0. The summed E-state index contributed by atoms with van der Waals surface area (Å²) in [5.41, 5.74) is 1.93. The lowest BCUT2D eigenvalue weighted by atomic mass is 9.47. The second-order valence-electron chi connectivity index (χ2n) is 15.7. The topological polar surface area (TPSA) is 38.7 Å². The number of rotatable bonds is 8. The van der Waals surface area contributed by atoms with Crippen LogP contribution in [-0.4, -0.2) is 38.3 Å². The second kappa shape index (κ2) is 10.1. The van der Waals surface area contributed by atoms with Crippen LogP contribution in [0.5, 0.6) is 0 Å². The molecule has 4 heteroatoms. The fraction of sp³-hybridized carbons (Fsp3) is 0.938. The molecular weight excluding hydrogens is 460 g/mol. The average molecular weight is 519 g/mol. The number of allylic oxidation sites excluding steroid dienone is 2. The van der Waals surface area contributed by atoms with Gasteiger partial charge in [0, 0.05) is 6.61 Å². The van der Waals surface area contributed by atoms with Crippen molar-refractivity contribution in [3.8, 4) is 0 Å². The van der Waals surface area contributed by atoms with Crippen molar-refractivity contribution < 1.29 is 14.3 Å². The SMILES string of the molecule is CC(C)(O)CCO[C@@H](CO[Si](C)(C)C(C)(C)C)[C@H]1CC[C@H]2[C@@H]3CC=C4CCCC[C@]4(C)[C@H]3CC[C@]12C. The third-order valence-corrected chi connectivity index (χ3v) is 16.5. The Morgan fingerprint density at radius 2 is 1.75 bits per heavy atom. The lowest BCUT2D eigenvalue weighted by molar-refractivity contribution is -0.0998. The van der Waals surface area contributed by atoms with Gasteiger partial charge in [-0.1, -0.05) is 52.7 Å². The average Bonchev–Trinajstić information content (AvgIpc) is 3.11. The molecule has 7 atom stereocenters. The Kier molecular flexibility index (Phi) is 8.09. The molecule has 4 aliphatic rings. The molecule has 208 valence electrons. The van der Waals surface area contributed by atoms with Gasteiger partial charge in [0.15, 0.2) is 8.32 Å². The zero-order valence-electron chi connectivity index (χ0n) is 25.2. The van der Waals surface area contributed by atoms with Crippen molar-refractivity contribution >= 4 is 8.32 Å². The molecule has 0 aromatic heterocycles. The molecule has 0 aromatic carbocycles. The van der Waals surface area contributed by atoms with Gasteiger partial charge >= 0.3 is 0 Å². The number of hydrogen-bond donors (Lipinski definition) is 1. The molecule has 3 nitrogen and oxygen atoms in total. The van der Waals surface area contributed by atoms with Gasteiger partial charge in [-0.25, -0.2) is 0 Å². The highest BCUT2D eigenvalue weighted by molar-refractivity contribution is 6.74. The third-order valence-electron chi connectivity index (χ3n) is 12.0. The maximum Gasteiger partial charge on any atom is 0.192 e. The van der Waals surface area contributed by atoms with Crippen LogP contribution in [-0.2, 0) is 9.16 Å². The van der Waals surface area contributed by atoms with Crippen LogP contribution in [0.25, 0.3) is 0 Å². The zero-order valence-corrected chi connectivity index (χ0v) is 26.2. The van der Waals surface area contributed by atoms with E-state index in [9.17, 15) is 5.11 Å². The van der Waals surface area contributed by atoms with E-state index in [-0.39, 0.29) is 11.1 Å². The summed E-state index contributed by atoms with van der Waals surface area (Å²) in [4.78, 5) is 0. The number of aliphatic hydroxyl groups is 1. The first-order valence-corrected chi connectivity index (χ1v) is 18.2. The van der Waals surface area contributed by atoms with Crippen molar-refractivity contribution in [3.05, 3.63) is 11.6 Å². The summed E-state index contributed by atoms with van der Waals surface area (Å²) in [5.74, 6) is 3.09. The van der Waals surface area contributed by atoms with Crippen molar-refractivity contribution in [2.75, 3.05) is 13.2 Å². The van der Waals surface area contributed by atoms with Crippen molar-refractivity contribution in [3.63, 3.8) is 0 Å². The van der Waals surface area contributed by atoms with E-state index in [0.29, 0.717) is 36.4 Å². The van der Waals surface area contributed by atoms with Crippen molar-refractivity contribution in [1.82, 2.24) is 0 Å². The first-order chi connectivity index (χ1) is 16.6. The monoisotopic (exact) mass is 518 g/mol. The van der Waals surface area contributed by atoms with Crippen LogP contribution < -0.4 is 0 Å². The first-order valence-electron chi connectivity index (χ1n) is 15.3. The van der Waals surface area contributed by atoms with Crippen LogP contribution in [0.4, 0.5) is 0 Å². The van der Waals surface area contributed by atoms with E-state index in [0.717, 1.165) is 17.8 Å². The van der Waals surface area contributed by atoms with Gasteiger partial charge in [0.2, 0.25) is 0 Å². The lowest BCUT2D eigenvalue weighted by Crippen LogP contribution is -2.52. The minimum atomic E-state index is -1.86. The van der Waals surface area contributed by atoms with E-state index in [1.54, 1.807) is 0 Å². The predicted octanol–water partition coefficient (Wildman–Crippen LogP) is 8.52. The van der Waals surface area contributed by atoms with Crippen LogP contribution in [0.2, 0.25) is 18.1 Å². The molecule has 1 N–H and O–H groups in total. The highest BCUT2D eigenvalue weighted by Crippen LogP contribution is 2.66. The van der Waals surface area contributed by atoms with Gasteiger partial charge in [-0.2, -0.15) is 0 Å². The standard InChI is InChI=1S/C32H58O3Si/c1-29(2,3)36(8,9)35-22-28(34-21-20-30(4,5)33)27-16-15-25-24-14-13-23-12-10-11-18-31(23,6)26(24)17-19-32(25,27)7/h13,24-28,33H,10-12,14-22H2,1-9H3/t24-,25-,26-,27+,28-,31-,32-/m0/s1. The lowest BCUT2D eigenvalue weighted by Gasteiger charge is -2.58. The van der Waals surface area contributed by atoms with E-state index in [1.807, 2.05) is 19.4 Å². The van der Waals surface area contributed by atoms with Gasteiger partial charge in [0.1, 0.15) is 0 Å². The summed E-state index contributed by atoms with van der Waals surface area (Å²) in [6, 6.07) is 0. The quantitative estimate of drug-likeness (QED) is 0.258. The summed E-state index contributed by atoms with van der Waals surface area (Å²) in [6.07, 6.45) is 15.8. The highest BCUT2D eigenvalue weighted by atomic mass is 28.4. The van der Waals surface area contributed by atoms with Crippen molar-refractivity contribution in [2.45, 2.75) is 143 Å². The molecule has 36 heavy (non-hydrogen) atoms. The normalized spacial score (nSPS) is 38.1. The minimum Gasteiger partial charge on any atom is -0.414 e. The van der Waals surface area contributed by atoms with Gasteiger partial charge in [0.25, 0.3) is 0 Å². The Hall–Kier alpha value is -0.163. The molecule has 0 spiro atoms. The Labute approximate surface area is 224 Å². The van der Waals surface area contributed by atoms with Crippen LogP contribution in [0.15, 0.2) is 11.6 Å². The fourth-order valence-electron chi connectivity index (χ4n) is 8.60. The van der Waals surface area contributed by atoms with E-state index < -0.39 is 13.9 Å². The summed E-state index contributed by atoms with van der Waals surface area (Å²) in [5, 5.41) is 10.5. The van der Waals surface area contributed by atoms with Crippen LogP contribution >= 0.6 is 0 Å². The molecule has 4 rings (SSSR count). The molecule has 0 amide bonds. The fourth-order valence-corrected chi connectivity index (χ4v) is 9.61. The molecule has 4 aliphatic carbocycles. The predicted molar refractivity (Wildman–Crippen MR) is 154 cm³/mol. The molecule has 3 fully saturated rings. The summed E-state index contributed by atoms with van der Waals surface area (Å²) in [6.45, 7) is 22.1. The maximum atomic E-state index is 10.3. The van der Waals surface area contributed by atoms with Gasteiger partial charge in [-0.3, -0.25) is 0 Å². The molecule has 0 saturated heterocycles. The molecule has 3 saturated carbocycles. The number of hydrogen-bond acceptors (Lipinski definition) is 3.